The highest BCUT2D eigenvalue weighted by Gasteiger charge is 2.32. The topological polar surface area (TPSA) is 92.3 Å². The molecule has 4 rings (SSSR count). The number of rotatable bonds is 2. The Kier molecular flexibility index (Phi) is 4.77. The van der Waals surface area contributed by atoms with Crippen molar-refractivity contribution in [2.45, 2.75) is 38.1 Å². The number of carbonyl (C=O) groups excluding carboxylic acids is 4. The van der Waals surface area contributed by atoms with Crippen molar-refractivity contribution in [1.82, 2.24) is 5.32 Å². The lowest BCUT2D eigenvalue weighted by Gasteiger charge is -2.23. The van der Waals surface area contributed by atoms with Gasteiger partial charge in [0.15, 0.2) is 11.6 Å². The minimum atomic E-state index is -0.835. The molecule has 28 heavy (non-hydrogen) atoms. The Hall–Kier alpha value is -3.28. The zero-order chi connectivity index (χ0) is 19.7. The standard InChI is InChI=1S/C22H20N2O4/c25-19-14-9-4-5-10-15(14)20(26)18-16(19)11-6-12-17(18)24-22(28)21(27)23-13-7-2-1-3-8-13/h4-6,9-13H,1-3,7-8H2,(H,23,27)(H,24,28). The third kappa shape index (κ3) is 3.22. The van der Waals surface area contributed by atoms with Gasteiger partial charge in [-0.25, -0.2) is 0 Å². The van der Waals surface area contributed by atoms with Gasteiger partial charge < -0.3 is 10.6 Å². The highest BCUT2D eigenvalue weighted by Crippen LogP contribution is 2.31. The molecule has 0 atom stereocenters. The summed E-state index contributed by atoms with van der Waals surface area (Å²) in [6.45, 7) is 0. The Labute approximate surface area is 162 Å². The molecule has 0 spiro atoms. The molecule has 0 radical (unpaired) electrons. The summed E-state index contributed by atoms with van der Waals surface area (Å²) in [5.41, 5.74) is 1.18. The normalized spacial score (nSPS) is 16.1. The fourth-order valence-electron chi connectivity index (χ4n) is 3.93. The molecule has 0 saturated heterocycles. The fraction of sp³-hybridized carbons (Fsp3) is 0.273. The third-order valence-electron chi connectivity index (χ3n) is 5.35. The number of hydrogen-bond donors (Lipinski definition) is 2. The van der Waals surface area contributed by atoms with E-state index in [0.717, 1.165) is 32.1 Å². The maximum Gasteiger partial charge on any atom is 0.313 e. The van der Waals surface area contributed by atoms with E-state index in [2.05, 4.69) is 10.6 Å². The van der Waals surface area contributed by atoms with E-state index in [1.54, 1.807) is 36.4 Å². The van der Waals surface area contributed by atoms with E-state index >= 15 is 0 Å². The quantitative estimate of drug-likeness (QED) is 0.673. The number of benzene rings is 2. The molecule has 1 saturated carbocycles. The van der Waals surface area contributed by atoms with Crippen LogP contribution in [0.5, 0.6) is 0 Å². The van der Waals surface area contributed by atoms with Crippen molar-refractivity contribution >= 4 is 29.1 Å². The van der Waals surface area contributed by atoms with Crippen LogP contribution in [0, 0.1) is 0 Å². The molecule has 0 unspecified atom stereocenters. The Morgan fingerprint density at radius 2 is 1.39 bits per heavy atom. The average molecular weight is 376 g/mol. The number of ketones is 2. The Morgan fingerprint density at radius 3 is 2.11 bits per heavy atom. The second-order valence-corrected chi connectivity index (χ2v) is 7.19. The zero-order valence-corrected chi connectivity index (χ0v) is 15.3. The fourth-order valence-corrected chi connectivity index (χ4v) is 3.93. The average Bonchev–Trinajstić information content (AvgIpc) is 2.72. The Bertz CT molecular complexity index is 990. The molecule has 0 bridgehead atoms. The van der Waals surface area contributed by atoms with Gasteiger partial charge in [0, 0.05) is 22.7 Å². The molecular weight excluding hydrogens is 356 g/mol. The van der Waals surface area contributed by atoms with Crippen molar-refractivity contribution in [1.29, 1.82) is 0 Å². The minimum absolute atomic E-state index is 0.00627. The van der Waals surface area contributed by atoms with Gasteiger partial charge in [-0.1, -0.05) is 55.7 Å². The van der Waals surface area contributed by atoms with E-state index in [0.29, 0.717) is 11.1 Å². The third-order valence-corrected chi connectivity index (χ3v) is 5.35. The molecule has 6 heteroatoms. The van der Waals surface area contributed by atoms with E-state index in [1.165, 1.54) is 6.07 Å². The van der Waals surface area contributed by atoms with Gasteiger partial charge in [0.25, 0.3) is 0 Å². The number of anilines is 1. The van der Waals surface area contributed by atoms with E-state index in [-0.39, 0.29) is 34.4 Å². The van der Waals surface area contributed by atoms with Crippen LogP contribution in [0.2, 0.25) is 0 Å². The number of carbonyl (C=O) groups is 4. The summed E-state index contributed by atoms with van der Waals surface area (Å²) in [6.07, 6.45) is 4.95. The molecule has 1 fully saturated rings. The molecule has 2 aliphatic carbocycles. The van der Waals surface area contributed by atoms with Gasteiger partial charge in [-0.15, -0.1) is 0 Å². The second kappa shape index (κ2) is 7.38. The molecule has 6 nitrogen and oxygen atoms in total. The Morgan fingerprint density at radius 1 is 0.750 bits per heavy atom. The maximum absolute atomic E-state index is 12.9. The van der Waals surface area contributed by atoms with Gasteiger partial charge in [-0.2, -0.15) is 0 Å². The lowest BCUT2D eigenvalue weighted by molar-refractivity contribution is -0.136. The summed E-state index contributed by atoms with van der Waals surface area (Å²) in [7, 11) is 0. The highest BCUT2D eigenvalue weighted by atomic mass is 16.2. The first-order chi connectivity index (χ1) is 13.6. The summed E-state index contributed by atoms with van der Waals surface area (Å²) in [6, 6.07) is 11.3. The predicted octanol–water partition coefficient (Wildman–Crippen LogP) is 2.85. The Balaban J connectivity index is 1.58. The van der Waals surface area contributed by atoms with Crippen LogP contribution in [0.25, 0.3) is 0 Å². The number of fused-ring (bicyclic) bond motifs is 2. The summed E-state index contributed by atoms with van der Waals surface area (Å²) >= 11 is 0. The van der Waals surface area contributed by atoms with Crippen LogP contribution in [-0.2, 0) is 9.59 Å². The van der Waals surface area contributed by atoms with Crippen LogP contribution >= 0.6 is 0 Å². The van der Waals surface area contributed by atoms with Crippen LogP contribution < -0.4 is 10.6 Å². The van der Waals surface area contributed by atoms with Crippen molar-refractivity contribution in [2.75, 3.05) is 5.32 Å². The molecule has 2 aromatic rings. The molecule has 0 aliphatic heterocycles. The van der Waals surface area contributed by atoms with E-state index in [1.807, 2.05) is 0 Å². The van der Waals surface area contributed by atoms with Gasteiger partial charge in [0.2, 0.25) is 0 Å². The van der Waals surface area contributed by atoms with Crippen LogP contribution in [0.3, 0.4) is 0 Å². The van der Waals surface area contributed by atoms with Crippen LogP contribution in [0.15, 0.2) is 42.5 Å². The summed E-state index contributed by atoms with van der Waals surface area (Å²) in [4.78, 5) is 50.3. The highest BCUT2D eigenvalue weighted by molar-refractivity contribution is 6.40. The largest absolute Gasteiger partial charge is 0.345 e. The van der Waals surface area contributed by atoms with Crippen molar-refractivity contribution in [2.24, 2.45) is 0 Å². The molecular formula is C22H20N2O4. The van der Waals surface area contributed by atoms with Crippen LogP contribution in [0.4, 0.5) is 5.69 Å². The number of amides is 2. The molecule has 142 valence electrons. The summed E-state index contributed by atoms with van der Waals surface area (Å²) in [5, 5.41) is 5.27. The molecule has 2 amide bonds. The van der Waals surface area contributed by atoms with Crippen LogP contribution in [0.1, 0.15) is 63.9 Å². The molecule has 2 aliphatic rings. The smallest absolute Gasteiger partial charge is 0.313 e. The van der Waals surface area contributed by atoms with Gasteiger partial charge >= 0.3 is 11.8 Å². The second-order valence-electron chi connectivity index (χ2n) is 7.19. The van der Waals surface area contributed by atoms with Gasteiger partial charge in [-0.3, -0.25) is 19.2 Å². The van der Waals surface area contributed by atoms with Crippen molar-refractivity contribution < 1.29 is 19.2 Å². The van der Waals surface area contributed by atoms with Crippen molar-refractivity contribution in [3.63, 3.8) is 0 Å². The van der Waals surface area contributed by atoms with E-state index < -0.39 is 11.8 Å². The van der Waals surface area contributed by atoms with Crippen molar-refractivity contribution in [3.05, 3.63) is 64.7 Å². The minimum Gasteiger partial charge on any atom is -0.345 e. The van der Waals surface area contributed by atoms with Gasteiger partial charge in [0.05, 0.1) is 11.3 Å². The van der Waals surface area contributed by atoms with E-state index in [4.69, 9.17) is 0 Å². The first-order valence-corrected chi connectivity index (χ1v) is 9.49. The maximum atomic E-state index is 12.9. The summed E-state index contributed by atoms with van der Waals surface area (Å²) in [5.74, 6) is -2.17. The zero-order valence-electron chi connectivity index (χ0n) is 15.3. The lowest BCUT2D eigenvalue weighted by Crippen LogP contribution is -2.42. The van der Waals surface area contributed by atoms with Gasteiger partial charge in [0.1, 0.15) is 0 Å². The SMILES string of the molecule is O=C(Nc1cccc2c1C(=O)c1ccccc1C2=O)C(=O)NC1CCCCC1. The molecule has 0 aromatic heterocycles. The van der Waals surface area contributed by atoms with Gasteiger partial charge in [-0.05, 0) is 18.9 Å². The predicted molar refractivity (Wildman–Crippen MR) is 103 cm³/mol. The lowest BCUT2D eigenvalue weighted by atomic mass is 9.83. The van der Waals surface area contributed by atoms with E-state index in [9.17, 15) is 19.2 Å². The first kappa shape index (κ1) is 18.1. The summed E-state index contributed by atoms with van der Waals surface area (Å²) < 4.78 is 0. The monoisotopic (exact) mass is 376 g/mol. The molecule has 2 N–H and O–H groups in total. The first-order valence-electron chi connectivity index (χ1n) is 9.49. The van der Waals surface area contributed by atoms with Crippen LogP contribution in [-0.4, -0.2) is 29.4 Å². The van der Waals surface area contributed by atoms with Crippen molar-refractivity contribution in [3.8, 4) is 0 Å². The molecule has 2 aromatic carbocycles. The number of nitrogens with one attached hydrogen (secondary N) is 2. The number of hydrogen-bond acceptors (Lipinski definition) is 4. The molecule has 0 heterocycles.